The van der Waals surface area contributed by atoms with Gasteiger partial charge in [0.1, 0.15) is 0 Å². The van der Waals surface area contributed by atoms with E-state index in [-0.39, 0.29) is 7.92 Å². The van der Waals surface area contributed by atoms with Gasteiger partial charge in [-0.1, -0.05) is 69.4 Å². The topological polar surface area (TPSA) is 16.1 Å². The van der Waals surface area contributed by atoms with Gasteiger partial charge in [-0.3, -0.25) is 9.88 Å². The molecule has 0 amide bonds. The second-order valence-corrected chi connectivity index (χ2v) is 11.8. The maximum atomic E-state index is 4.68. The Kier molecular flexibility index (Phi) is 7.02. The van der Waals surface area contributed by atoms with E-state index in [1.54, 1.807) is 0 Å². The van der Waals surface area contributed by atoms with Crippen LogP contribution < -0.4 is 0 Å². The lowest BCUT2D eigenvalue weighted by Crippen LogP contribution is -2.35. The van der Waals surface area contributed by atoms with Crippen LogP contribution in [0, 0.1) is 0 Å². The second kappa shape index (κ2) is 7.88. The Morgan fingerprint density at radius 1 is 1.00 bits per heavy atom. The molecule has 0 bridgehead atoms. The van der Waals surface area contributed by atoms with Crippen LogP contribution in [0.4, 0.5) is 0 Å². The first-order valence-electron chi connectivity index (χ1n) is 8.54. The summed E-state index contributed by atoms with van der Waals surface area (Å²) in [5.74, 6) is 0. The Balaban J connectivity index is 3.16. The van der Waals surface area contributed by atoms with Gasteiger partial charge in [0.25, 0.3) is 0 Å². The van der Waals surface area contributed by atoms with E-state index < -0.39 is 0 Å². The van der Waals surface area contributed by atoms with Gasteiger partial charge in [-0.2, -0.15) is 0 Å². The molecule has 0 saturated carbocycles. The summed E-state index contributed by atoms with van der Waals surface area (Å²) in [5.41, 5.74) is 1.23. The third kappa shape index (κ3) is 5.32. The van der Waals surface area contributed by atoms with Gasteiger partial charge in [-0.25, -0.2) is 0 Å². The van der Waals surface area contributed by atoms with E-state index in [9.17, 15) is 0 Å². The molecule has 1 aromatic heterocycles. The van der Waals surface area contributed by atoms with E-state index >= 15 is 0 Å². The van der Waals surface area contributed by atoms with E-state index in [2.05, 4.69) is 77.4 Å². The summed E-state index contributed by atoms with van der Waals surface area (Å²) < 4.78 is 0. The lowest BCUT2D eigenvalue weighted by Gasteiger charge is -2.45. The molecule has 0 aliphatic heterocycles. The number of rotatable bonds is 6. The second-order valence-electron chi connectivity index (χ2n) is 7.94. The zero-order chi connectivity index (χ0) is 17.0. The normalized spacial score (nSPS) is 14.6. The van der Waals surface area contributed by atoms with Gasteiger partial charge in [-0.15, -0.1) is 0 Å². The van der Waals surface area contributed by atoms with E-state index in [4.69, 9.17) is 0 Å². The highest BCUT2D eigenvalue weighted by Gasteiger charge is 2.37. The molecule has 2 nitrogen and oxygen atoms in total. The third-order valence-corrected chi connectivity index (χ3v) is 8.21. The van der Waals surface area contributed by atoms with Crippen molar-refractivity contribution in [1.82, 2.24) is 9.88 Å². The number of hydrogen-bond acceptors (Lipinski definition) is 2. The molecule has 0 radical (unpaired) electrons. The summed E-state index contributed by atoms with van der Waals surface area (Å²) in [6.45, 7) is 21.1. The van der Waals surface area contributed by atoms with E-state index in [0.717, 1.165) is 13.1 Å². The molecule has 0 aliphatic carbocycles. The first-order chi connectivity index (χ1) is 10.1. The highest BCUT2D eigenvalue weighted by Crippen LogP contribution is 2.61. The Hall–Kier alpha value is -0.460. The Morgan fingerprint density at radius 2 is 1.55 bits per heavy atom. The molecular formula is C19H35N2P. The number of pyridine rings is 1. The highest BCUT2D eigenvalue weighted by atomic mass is 31.1. The third-order valence-electron chi connectivity index (χ3n) is 4.26. The Morgan fingerprint density at radius 3 is 1.91 bits per heavy atom. The molecule has 0 N–H and O–H groups in total. The maximum absolute atomic E-state index is 4.68. The number of nitrogens with zero attached hydrogens (tertiary/aromatic N) is 2. The predicted molar refractivity (Wildman–Crippen MR) is 101 cm³/mol. The molecule has 1 atom stereocenters. The van der Waals surface area contributed by atoms with Gasteiger partial charge >= 0.3 is 0 Å². The molecular weight excluding hydrogens is 287 g/mol. The van der Waals surface area contributed by atoms with Gasteiger partial charge in [0.15, 0.2) is 0 Å². The lowest BCUT2D eigenvalue weighted by atomic mass is 10.2. The SMILES string of the molecule is CCN(CC)C(CP(C(C)(C)C)C(C)(C)C)c1ccccn1. The first kappa shape index (κ1) is 19.6. The van der Waals surface area contributed by atoms with Crippen LogP contribution in [0.5, 0.6) is 0 Å². The minimum atomic E-state index is -0.131. The van der Waals surface area contributed by atoms with E-state index in [1.165, 1.54) is 11.9 Å². The lowest BCUT2D eigenvalue weighted by molar-refractivity contribution is 0.232. The zero-order valence-corrected chi connectivity index (χ0v) is 16.7. The van der Waals surface area contributed by atoms with Crippen molar-refractivity contribution in [2.24, 2.45) is 0 Å². The standard InChI is InChI=1S/C19H35N2P/c1-9-21(10-2)17(16-13-11-12-14-20-16)15-22(18(3,4)5)19(6,7)8/h11-14,17H,9-10,15H2,1-8H3. The first-order valence-corrected chi connectivity index (χ1v) is 10.1. The van der Waals surface area contributed by atoms with Crippen LogP contribution in [-0.2, 0) is 0 Å². The van der Waals surface area contributed by atoms with Crippen molar-refractivity contribution in [3.8, 4) is 0 Å². The molecule has 1 unspecified atom stereocenters. The van der Waals surface area contributed by atoms with Crippen LogP contribution in [0.2, 0.25) is 0 Å². The van der Waals surface area contributed by atoms with Gasteiger partial charge < -0.3 is 0 Å². The summed E-state index contributed by atoms with van der Waals surface area (Å²) in [7, 11) is -0.131. The van der Waals surface area contributed by atoms with Gasteiger partial charge in [0.2, 0.25) is 0 Å². The Bertz CT molecular complexity index is 413. The van der Waals surface area contributed by atoms with Crippen molar-refractivity contribution in [2.75, 3.05) is 19.3 Å². The van der Waals surface area contributed by atoms with Gasteiger partial charge in [0, 0.05) is 6.20 Å². The maximum Gasteiger partial charge on any atom is 0.0578 e. The molecule has 0 fully saturated rings. The fraction of sp³-hybridized carbons (Fsp3) is 0.737. The fourth-order valence-electron chi connectivity index (χ4n) is 3.36. The molecule has 3 heteroatoms. The predicted octanol–water partition coefficient (Wildman–Crippen LogP) is 5.54. The van der Waals surface area contributed by atoms with Crippen LogP contribution in [0.15, 0.2) is 24.4 Å². The van der Waals surface area contributed by atoms with Crippen molar-refractivity contribution in [1.29, 1.82) is 0 Å². The fourth-order valence-corrected chi connectivity index (χ4v) is 7.23. The molecule has 0 spiro atoms. The minimum absolute atomic E-state index is 0.131. The summed E-state index contributed by atoms with van der Waals surface area (Å²) in [6, 6.07) is 6.76. The van der Waals surface area contributed by atoms with Gasteiger partial charge in [-0.05, 0) is 41.7 Å². The van der Waals surface area contributed by atoms with Crippen molar-refractivity contribution in [3.63, 3.8) is 0 Å². The molecule has 1 aromatic rings. The van der Waals surface area contributed by atoms with E-state index in [1.807, 2.05) is 12.3 Å². The van der Waals surface area contributed by atoms with Crippen molar-refractivity contribution < 1.29 is 0 Å². The summed E-state index contributed by atoms with van der Waals surface area (Å²) >= 11 is 0. The average Bonchev–Trinajstić information content (AvgIpc) is 2.41. The van der Waals surface area contributed by atoms with Crippen LogP contribution in [-0.4, -0.2) is 39.4 Å². The molecule has 0 saturated heterocycles. The minimum Gasteiger partial charge on any atom is -0.295 e. The number of aromatic nitrogens is 1. The van der Waals surface area contributed by atoms with Crippen molar-refractivity contribution >= 4 is 7.92 Å². The number of hydrogen-bond donors (Lipinski definition) is 0. The van der Waals surface area contributed by atoms with Crippen LogP contribution >= 0.6 is 7.92 Å². The Labute approximate surface area is 139 Å². The molecule has 1 heterocycles. The largest absolute Gasteiger partial charge is 0.295 e. The molecule has 126 valence electrons. The van der Waals surface area contributed by atoms with Crippen LogP contribution in [0.25, 0.3) is 0 Å². The molecule has 22 heavy (non-hydrogen) atoms. The van der Waals surface area contributed by atoms with Gasteiger partial charge in [0.05, 0.1) is 11.7 Å². The molecule has 0 aromatic carbocycles. The summed E-state index contributed by atoms with van der Waals surface area (Å²) in [5, 5.41) is 0.710. The van der Waals surface area contributed by atoms with E-state index in [0.29, 0.717) is 16.4 Å². The smallest absolute Gasteiger partial charge is 0.0578 e. The quantitative estimate of drug-likeness (QED) is 0.639. The van der Waals surface area contributed by atoms with Crippen LogP contribution in [0.3, 0.4) is 0 Å². The zero-order valence-electron chi connectivity index (χ0n) is 15.8. The summed E-state index contributed by atoms with van der Waals surface area (Å²) in [6.07, 6.45) is 3.16. The molecule has 0 aliphatic rings. The van der Waals surface area contributed by atoms with Crippen molar-refractivity contribution in [2.45, 2.75) is 71.7 Å². The van der Waals surface area contributed by atoms with Crippen molar-refractivity contribution in [3.05, 3.63) is 30.1 Å². The molecule has 1 rings (SSSR count). The average molecular weight is 322 g/mol. The highest BCUT2D eigenvalue weighted by molar-refractivity contribution is 7.60. The monoisotopic (exact) mass is 322 g/mol. The van der Waals surface area contributed by atoms with Crippen LogP contribution in [0.1, 0.15) is 67.1 Å². The summed E-state index contributed by atoms with van der Waals surface area (Å²) in [4.78, 5) is 7.25.